The summed E-state index contributed by atoms with van der Waals surface area (Å²) in [6.07, 6.45) is -0.552. The van der Waals surface area contributed by atoms with Gasteiger partial charge in [-0.1, -0.05) is 13.8 Å². The van der Waals surface area contributed by atoms with Crippen LogP contribution in [-0.4, -0.2) is 29.7 Å². The predicted molar refractivity (Wildman–Crippen MR) is 74.2 cm³/mol. The van der Waals surface area contributed by atoms with Crippen molar-refractivity contribution in [2.24, 2.45) is 5.92 Å². The Bertz CT molecular complexity index is 525. The van der Waals surface area contributed by atoms with E-state index in [0.29, 0.717) is 5.82 Å². The molecule has 1 rings (SSSR count). The first-order valence-electron chi connectivity index (χ1n) is 6.47. The number of nitrogens with zero attached hydrogens (tertiary/aromatic N) is 1. The zero-order valence-corrected chi connectivity index (χ0v) is 12.2. The molecule has 0 aliphatic rings. The Morgan fingerprint density at radius 2 is 2.10 bits per heavy atom. The predicted octanol–water partition coefficient (Wildman–Crippen LogP) is 0.801. The average molecular weight is 283 g/mol. The van der Waals surface area contributed by atoms with Crippen molar-refractivity contribution in [1.29, 1.82) is 0 Å². The molecule has 20 heavy (non-hydrogen) atoms. The number of aromatic amines is 1. The highest BCUT2D eigenvalue weighted by molar-refractivity contribution is 5.74. The number of H-pyrrole nitrogens is 1. The number of nitrogens with two attached hydrogens (primary N) is 1. The number of aromatic nitrogens is 2. The van der Waals surface area contributed by atoms with Gasteiger partial charge in [0.15, 0.2) is 0 Å². The number of anilines is 1. The molecule has 0 amide bonds. The molecule has 0 fully saturated rings. The topological polar surface area (TPSA) is 107 Å². The molecule has 0 spiro atoms. The van der Waals surface area contributed by atoms with Crippen LogP contribution in [0.15, 0.2) is 4.79 Å². The van der Waals surface area contributed by atoms with Gasteiger partial charge in [0.2, 0.25) is 0 Å². The van der Waals surface area contributed by atoms with Crippen LogP contribution in [0.4, 0.5) is 5.82 Å². The van der Waals surface area contributed by atoms with E-state index in [9.17, 15) is 9.59 Å². The van der Waals surface area contributed by atoms with Crippen LogP contribution in [0, 0.1) is 5.92 Å². The van der Waals surface area contributed by atoms with Crippen molar-refractivity contribution < 1.29 is 14.3 Å². The summed E-state index contributed by atoms with van der Waals surface area (Å²) in [5, 5.41) is 0. The van der Waals surface area contributed by atoms with Gasteiger partial charge in [-0.2, -0.15) is 0 Å². The molecule has 0 radical (unpaired) electrons. The third-order valence-electron chi connectivity index (χ3n) is 2.82. The molecule has 1 unspecified atom stereocenters. The number of methoxy groups -OCH3 is 1. The van der Waals surface area contributed by atoms with Gasteiger partial charge in [0.1, 0.15) is 17.7 Å². The first-order chi connectivity index (χ1) is 9.40. The van der Waals surface area contributed by atoms with Crippen LogP contribution in [0.2, 0.25) is 0 Å². The summed E-state index contributed by atoms with van der Waals surface area (Å²) in [7, 11) is 1.54. The molecular weight excluding hydrogens is 262 g/mol. The second-order valence-electron chi connectivity index (χ2n) is 4.70. The summed E-state index contributed by atoms with van der Waals surface area (Å²) in [6.45, 7) is 5.83. The molecule has 1 heterocycles. The minimum Gasteiger partial charge on any atom is -0.466 e. The number of carbonyl (C=O) groups excluding carboxylic acids is 1. The van der Waals surface area contributed by atoms with Gasteiger partial charge in [0.05, 0.1) is 18.6 Å². The van der Waals surface area contributed by atoms with Crippen molar-refractivity contribution in [3.8, 4) is 0 Å². The van der Waals surface area contributed by atoms with Crippen molar-refractivity contribution in [2.75, 3.05) is 19.5 Å². The Morgan fingerprint density at radius 3 is 2.55 bits per heavy atom. The maximum atomic E-state index is 12.0. The second kappa shape index (κ2) is 7.04. The lowest BCUT2D eigenvalue weighted by Gasteiger charge is -2.18. The molecule has 0 aliphatic carbocycles. The highest BCUT2D eigenvalue weighted by Gasteiger charge is 2.21. The lowest BCUT2D eigenvalue weighted by Crippen LogP contribution is -2.25. The number of nitrogen functional groups attached to an aromatic ring is 1. The van der Waals surface area contributed by atoms with Crippen molar-refractivity contribution in [2.45, 2.75) is 33.3 Å². The number of hydrogen-bond acceptors (Lipinski definition) is 6. The van der Waals surface area contributed by atoms with Gasteiger partial charge < -0.3 is 20.2 Å². The number of hydrogen-bond donors (Lipinski definition) is 2. The summed E-state index contributed by atoms with van der Waals surface area (Å²) in [5.41, 5.74) is 5.44. The molecule has 1 atom stereocenters. The summed E-state index contributed by atoms with van der Waals surface area (Å²) >= 11 is 0. The second-order valence-corrected chi connectivity index (χ2v) is 4.70. The average Bonchev–Trinajstić information content (AvgIpc) is 2.34. The maximum absolute atomic E-state index is 12.0. The van der Waals surface area contributed by atoms with Crippen molar-refractivity contribution in [3.05, 3.63) is 21.7 Å². The Labute approximate surface area is 117 Å². The Kier molecular flexibility index (Phi) is 5.69. The lowest BCUT2D eigenvalue weighted by atomic mass is 10.1. The molecule has 0 saturated carbocycles. The molecule has 7 heteroatoms. The molecule has 0 bridgehead atoms. The zero-order valence-electron chi connectivity index (χ0n) is 12.2. The van der Waals surface area contributed by atoms with Gasteiger partial charge in [0, 0.05) is 7.11 Å². The molecule has 0 aliphatic heterocycles. The van der Waals surface area contributed by atoms with Crippen LogP contribution < -0.4 is 11.3 Å². The fourth-order valence-corrected chi connectivity index (χ4v) is 1.89. The van der Waals surface area contributed by atoms with Crippen LogP contribution in [0.5, 0.6) is 0 Å². The van der Waals surface area contributed by atoms with E-state index in [1.165, 1.54) is 7.11 Å². The highest BCUT2D eigenvalue weighted by Crippen LogP contribution is 2.22. The SMILES string of the molecule is CCOC(=O)Cc1c(N)nc(C(OC)C(C)C)[nH]c1=O. The van der Waals surface area contributed by atoms with E-state index in [-0.39, 0.29) is 36.4 Å². The molecule has 112 valence electrons. The fraction of sp³-hybridized carbons (Fsp3) is 0.615. The Balaban J connectivity index is 3.09. The summed E-state index contributed by atoms with van der Waals surface area (Å²) in [5.74, 6) is 0.00182. The van der Waals surface area contributed by atoms with E-state index >= 15 is 0 Å². The zero-order chi connectivity index (χ0) is 15.3. The van der Waals surface area contributed by atoms with Gasteiger partial charge in [-0.15, -0.1) is 0 Å². The first-order valence-corrected chi connectivity index (χ1v) is 6.47. The molecule has 0 aromatic carbocycles. The van der Waals surface area contributed by atoms with Crippen LogP contribution >= 0.6 is 0 Å². The standard InChI is InChI=1S/C13H21N3O4/c1-5-20-9(17)6-8-11(14)15-12(16-13(8)18)10(19-4)7(2)3/h7,10H,5-6H2,1-4H3,(H3,14,15,16,18). The minimum absolute atomic E-state index is 0.0273. The van der Waals surface area contributed by atoms with Gasteiger partial charge >= 0.3 is 5.97 Å². The smallest absolute Gasteiger partial charge is 0.310 e. The third kappa shape index (κ3) is 3.80. The Hall–Kier alpha value is -1.89. The van der Waals surface area contributed by atoms with E-state index in [1.807, 2.05) is 13.8 Å². The first kappa shape index (κ1) is 16.2. The van der Waals surface area contributed by atoms with Gasteiger partial charge in [-0.25, -0.2) is 4.98 Å². The molecule has 3 N–H and O–H groups in total. The van der Waals surface area contributed by atoms with E-state index in [1.54, 1.807) is 6.92 Å². The lowest BCUT2D eigenvalue weighted by molar-refractivity contribution is -0.142. The van der Waals surface area contributed by atoms with Crippen LogP contribution in [-0.2, 0) is 20.7 Å². The number of carbonyl (C=O) groups is 1. The molecule has 1 aromatic heterocycles. The number of ether oxygens (including phenoxy) is 2. The summed E-state index contributed by atoms with van der Waals surface area (Å²) in [4.78, 5) is 30.2. The number of rotatable bonds is 6. The van der Waals surface area contributed by atoms with E-state index in [0.717, 1.165) is 0 Å². The van der Waals surface area contributed by atoms with Gasteiger partial charge in [-0.3, -0.25) is 9.59 Å². The Morgan fingerprint density at radius 1 is 1.45 bits per heavy atom. The minimum atomic E-state index is -0.508. The van der Waals surface area contributed by atoms with Crippen molar-refractivity contribution in [3.63, 3.8) is 0 Å². The number of nitrogens with one attached hydrogen (secondary N) is 1. The van der Waals surface area contributed by atoms with E-state index in [2.05, 4.69) is 9.97 Å². The van der Waals surface area contributed by atoms with Crippen molar-refractivity contribution in [1.82, 2.24) is 9.97 Å². The highest BCUT2D eigenvalue weighted by atomic mass is 16.5. The molecule has 7 nitrogen and oxygen atoms in total. The largest absolute Gasteiger partial charge is 0.466 e. The van der Waals surface area contributed by atoms with E-state index < -0.39 is 11.5 Å². The van der Waals surface area contributed by atoms with Crippen LogP contribution in [0.3, 0.4) is 0 Å². The normalized spacial score (nSPS) is 12.4. The summed E-state index contributed by atoms with van der Waals surface area (Å²) in [6, 6.07) is 0. The van der Waals surface area contributed by atoms with E-state index in [4.69, 9.17) is 15.2 Å². The number of esters is 1. The third-order valence-corrected chi connectivity index (χ3v) is 2.82. The fourth-order valence-electron chi connectivity index (χ4n) is 1.89. The van der Waals surface area contributed by atoms with Gasteiger partial charge in [-0.05, 0) is 12.8 Å². The quantitative estimate of drug-likeness (QED) is 0.748. The molecule has 1 aromatic rings. The molecule has 0 saturated heterocycles. The van der Waals surface area contributed by atoms with Crippen molar-refractivity contribution >= 4 is 11.8 Å². The van der Waals surface area contributed by atoms with Crippen LogP contribution in [0.1, 0.15) is 38.3 Å². The van der Waals surface area contributed by atoms with Gasteiger partial charge in [0.25, 0.3) is 5.56 Å². The summed E-state index contributed by atoms with van der Waals surface area (Å²) < 4.78 is 10.1. The monoisotopic (exact) mass is 283 g/mol. The van der Waals surface area contributed by atoms with Crippen LogP contribution in [0.25, 0.3) is 0 Å². The maximum Gasteiger partial charge on any atom is 0.310 e. The molecular formula is C13H21N3O4.